The molecule has 196 valence electrons. The van der Waals surface area contributed by atoms with Gasteiger partial charge in [0.05, 0.1) is 13.5 Å². The summed E-state index contributed by atoms with van der Waals surface area (Å²) in [5, 5.41) is 3.91. The normalized spacial score (nSPS) is 11.6. The van der Waals surface area contributed by atoms with Gasteiger partial charge in [-0.05, 0) is 59.2 Å². The molecule has 0 saturated carbocycles. The highest BCUT2D eigenvalue weighted by Gasteiger charge is 2.33. The fourth-order valence-corrected chi connectivity index (χ4v) is 4.65. The number of amides is 2. The van der Waals surface area contributed by atoms with Gasteiger partial charge in [0.1, 0.15) is 17.6 Å². The topological polar surface area (TPSA) is 74.4 Å². The molecule has 5 aromatic rings. The minimum absolute atomic E-state index is 0.0553. The molecule has 7 heteroatoms. The predicted molar refractivity (Wildman–Crippen MR) is 150 cm³/mol. The van der Waals surface area contributed by atoms with Crippen LogP contribution in [-0.2, 0) is 22.6 Å². The van der Waals surface area contributed by atoms with Gasteiger partial charge >= 0.3 is 0 Å². The van der Waals surface area contributed by atoms with Crippen molar-refractivity contribution in [3.05, 3.63) is 132 Å². The number of ether oxygens (including phenoxy) is 1. The maximum atomic E-state index is 14.1. The minimum atomic E-state index is -1.04. The number of benzene rings is 4. The van der Waals surface area contributed by atoms with Crippen molar-refractivity contribution in [2.45, 2.75) is 19.0 Å². The van der Waals surface area contributed by atoms with Crippen molar-refractivity contribution in [2.24, 2.45) is 0 Å². The van der Waals surface area contributed by atoms with Gasteiger partial charge in [0.2, 0.25) is 11.8 Å². The third kappa shape index (κ3) is 5.83. The molecule has 39 heavy (non-hydrogen) atoms. The van der Waals surface area contributed by atoms with E-state index in [1.165, 1.54) is 29.2 Å². The Labute approximate surface area is 226 Å². The van der Waals surface area contributed by atoms with E-state index in [4.69, 9.17) is 4.74 Å². The third-order valence-corrected chi connectivity index (χ3v) is 6.64. The summed E-state index contributed by atoms with van der Waals surface area (Å²) in [6, 6.07) is 28.9. The lowest BCUT2D eigenvalue weighted by molar-refractivity contribution is -0.126. The van der Waals surface area contributed by atoms with Crippen molar-refractivity contribution in [1.29, 1.82) is 0 Å². The van der Waals surface area contributed by atoms with Crippen molar-refractivity contribution in [3.63, 3.8) is 0 Å². The molecule has 0 aliphatic heterocycles. The molecule has 2 amide bonds. The minimum Gasteiger partial charge on any atom is -0.497 e. The maximum absolute atomic E-state index is 14.1. The second-order valence-electron chi connectivity index (χ2n) is 9.16. The Kier molecular flexibility index (Phi) is 7.68. The summed E-state index contributed by atoms with van der Waals surface area (Å²) in [6.07, 6.45) is 1.87. The number of aromatic nitrogens is 1. The Morgan fingerprint density at radius 1 is 0.897 bits per heavy atom. The van der Waals surface area contributed by atoms with Crippen LogP contribution in [0.5, 0.6) is 5.75 Å². The van der Waals surface area contributed by atoms with Crippen LogP contribution in [0.15, 0.2) is 109 Å². The van der Waals surface area contributed by atoms with Crippen molar-refractivity contribution in [2.75, 3.05) is 12.0 Å². The first-order valence-corrected chi connectivity index (χ1v) is 12.6. The number of halogens is 1. The summed E-state index contributed by atoms with van der Waals surface area (Å²) < 4.78 is 19.2. The molecule has 2 N–H and O–H groups in total. The van der Waals surface area contributed by atoms with Gasteiger partial charge in [0, 0.05) is 29.3 Å². The highest BCUT2D eigenvalue weighted by atomic mass is 19.1. The molecule has 0 spiro atoms. The molecule has 0 aliphatic carbocycles. The molecule has 0 fully saturated rings. The Morgan fingerprint density at radius 3 is 2.31 bits per heavy atom. The molecule has 4 aromatic carbocycles. The number of hydrogen-bond acceptors (Lipinski definition) is 3. The van der Waals surface area contributed by atoms with Crippen LogP contribution in [0, 0.1) is 5.82 Å². The van der Waals surface area contributed by atoms with Crippen LogP contribution in [-0.4, -0.2) is 23.9 Å². The summed E-state index contributed by atoms with van der Waals surface area (Å²) in [5.41, 5.74) is 3.67. The maximum Gasteiger partial charge on any atom is 0.248 e. The van der Waals surface area contributed by atoms with Gasteiger partial charge < -0.3 is 15.0 Å². The van der Waals surface area contributed by atoms with E-state index in [9.17, 15) is 14.0 Å². The molecule has 0 aliphatic rings. The molecule has 1 aromatic heterocycles. The average molecular weight is 522 g/mol. The number of nitrogens with one attached hydrogen (secondary N) is 2. The monoisotopic (exact) mass is 521 g/mol. The second kappa shape index (κ2) is 11.6. The van der Waals surface area contributed by atoms with Crippen LogP contribution in [0.4, 0.5) is 10.1 Å². The van der Waals surface area contributed by atoms with E-state index in [1.54, 1.807) is 31.4 Å². The standard InChI is InChI=1S/C32H28FN3O3/c1-39-27-17-15-26(16-18-27)36(30(37)19-24-21-34-29-10-6-5-9-28(24)29)31(23-11-13-25(33)14-12-23)32(38)35-20-22-7-3-2-4-8-22/h2-18,21,31,34H,19-20H2,1H3,(H,35,38). The number of fused-ring (bicyclic) bond motifs is 1. The van der Waals surface area contributed by atoms with Gasteiger partial charge in [-0.25, -0.2) is 4.39 Å². The number of methoxy groups -OCH3 is 1. The molecule has 0 radical (unpaired) electrons. The number of aromatic amines is 1. The van der Waals surface area contributed by atoms with E-state index in [0.29, 0.717) is 17.0 Å². The SMILES string of the molecule is COc1ccc(N(C(=O)Cc2c[nH]c3ccccc23)C(C(=O)NCc2ccccc2)c2ccc(F)cc2)cc1. The van der Waals surface area contributed by atoms with Gasteiger partial charge in [-0.2, -0.15) is 0 Å². The highest BCUT2D eigenvalue weighted by Crippen LogP contribution is 2.31. The second-order valence-corrected chi connectivity index (χ2v) is 9.16. The molecule has 0 saturated heterocycles. The number of hydrogen-bond donors (Lipinski definition) is 2. The van der Waals surface area contributed by atoms with E-state index >= 15 is 0 Å². The summed E-state index contributed by atoms with van der Waals surface area (Å²) in [6.45, 7) is 0.282. The molecular formula is C32H28FN3O3. The predicted octanol–water partition coefficient (Wildman–Crippen LogP) is 5.95. The number of rotatable bonds is 9. The largest absolute Gasteiger partial charge is 0.497 e. The molecule has 1 unspecified atom stereocenters. The summed E-state index contributed by atoms with van der Waals surface area (Å²) >= 11 is 0. The molecule has 1 heterocycles. The lowest BCUT2D eigenvalue weighted by Gasteiger charge is -2.32. The molecule has 0 bridgehead atoms. The van der Waals surface area contributed by atoms with Crippen LogP contribution < -0.4 is 15.0 Å². The Balaban J connectivity index is 1.55. The van der Waals surface area contributed by atoms with Crippen molar-refractivity contribution in [1.82, 2.24) is 10.3 Å². The number of anilines is 1. The van der Waals surface area contributed by atoms with Gasteiger partial charge in [0.25, 0.3) is 0 Å². The number of carbonyl (C=O) groups is 2. The smallest absolute Gasteiger partial charge is 0.248 e. The first-order chi connectivity index (χ1) is 19.0. The Bertz CT molecular complexity index is 1560. The molecule has 6 nitrogen and oxygen atoms in total. The molecular weight excluding hydrogens is 493 g/mol. The van der Waals surface area contributed by atoms with Gasteiger partial charge in [-0.3, -0.25) is 14.5 Å². The Hall–Kier alpha value is -4.91. The summed E-state index contributed by atoms with van der Waals surface area (Å²) in [4.78, 5) is 32.6. The third-order valence-electron chi connectivity index (χ3n) is 6.64. The fraction of sp³-hybridized carbons (Fsp3) is 0.125. The van der Waals surface area contributed by atoms with E-state index < -0.39 is 11.9 Å². The van der Waals surface area contributed by atoms with E-state index in [1.807, 2.05) is 60.8 Å². The average Bonchev–Trinajstić information content (AvgIpc) is 3.38. The number of nitrogens with zero attached hydrogens (tertiary/aromatic N) is 1. The molecule has 1 atom stereocenters. The van der Waals surface area contributed by atoms with Crippen LogP contribution in [0.2, 0.25) is 0 Å². The lowest BCUT2D eigenvalue weighted by Crippen LogP contribution is -2.44. The van der Waals surface area contributed by atoms with Gasteiger partial charge in [-0.15, -0.1) is 0 Å². The van der Waals surface area contributed by atoms with Crippen LogP contribution in [0.25, 0.3) is 10.9 Å². The van der Waals surface area contributed by atoms with Gasteiger partial charge in [-0.1, -0.05) is 60.7 Å². The van der Waals surface area contributed by atoms with Crippen LogP contribution >= 0.6 is 0 Å². The zero-order valence-corrected chi connectivity index (χ0v) is 21.4. The first kappa shape index (κ1) is 25.7. The molecule has 5 rings (SSSR count). The number of carbonyl (C=O) groups excluding carboxylic acids is 2. The number of H-pyrrole nitrogens is 1. The van der Waals surface area contributed by atoms with Crippen LogP contribution in [0.1, 0.15) is 22.7 Å². The number of para-hydroxylation sites is 1. The van der Waals surface area contributed by atoms with E-state index in [-0.39, 0.29) is 24.8 Å². The van der Waals surface area contributed by atoms with Crippen molar-refractivity contribution >= 4 is 28.4 Å². The highest BCUT2D eigenvalue weighted by molar-refractivity contribution is 6.03. The summed E-state index contributed by atoms with van der Waals surface area (Å²) in [5.74, 6) is -0.472. The zero-order valence-electron chi connectivity index (χ0n) is 21.4. The summed E-state index contributed by atoms with van der Waals surface area (Å²) in [7, 11) is 1.56. The van der Waals surface area contributed by atoms with E-state index in [0.717, 1.165) is 22.0 Å². The Morgan fingerprint density at radius 2 is 1.59 bits per heavy atom. The first-order valence-electron chi connectivity index (χ1n) is 12.6. The van der Waals surface area contributed by atoms with Crippen molar-refractivity contribution in [3.8, 4) is 5.75 Å². The van der Waals surface area contributed by atoms with E-state index in [2.05, 4.69) is 10.3 Å². The zero-order chi connectivity index (χ0) is 27.2. The fourth-order valence-electron chi connectivity index (χ4n) is 4.65. The lowest BCUT2D eigenvalue weighted by atomic mass is 10.0. The van der Waals surface area contributed by atoms with Crippen LogP contribution in [0.3, 0.4) is 0 Å². The van der Waals surface area contributed by atoms with Gasteiger partial charge in [0.15, 0.2) is 0 Å². The quantitative estimate of drug-likeness (QED) is 0.252. The van der Waals surface area contributed by atoms with Crippen molar-refractivity contribution < 1.29 is 18.7 Å².